The summed E-state index contributed by atoms with van der Waals surface area (Å²) in [6.07, 6.45) is 2.35. The highest BCUT2D eigenvalue weighted by molar-refractivity contribution is 5.95. The Morgan fingerprint density at radius 2 is 1.63 bits per heavy atom. The van der Waals surface area contributed by atoms with Gasteiger partial charge in [0, 0.05) is 18.8 Å². The first-order chi connectivity index (χ1) is 14.4. The van der Waals surface area contributed by atoms with Crippen molar-refractivity contribution < 1.29 is 23.1 Å². The van der Waals surface area contributed by atoms with Crippen molar-refractivity contribution in [2.24, 2.45) is 0 Å². The normalized spacial score (nSPS) is 22.3. The molecule has 2 amide bonds. The van der Waals surface area contributed by atoms with E-state index >= 15 is 0 Å². The second kappa shape index (κ2) is 8.52. The van der Waals surface area contributed by atoms with Crippen molar-refractivity contribution in [2.75, 3.05) is 31.1 Å². The molecular weight excluding hydrogens is 390 g/mol. The standard InChI is InChI=1S/C23H24F2N2O3/c24-18-4-2-17(3-5-18)14-21(28)26-12-1-10-23(11-13-26)16-27(22(29)15-30-23)20-8-6-19(25)7-9-20/h2-9H,1,10-16H2. The van der Waals surface area contributed by atoms with Crippen molar-refractivity contribution in [1.82, 2.24) is 4.90 Å². The highest BCUT2D eigenvalue weighted by Gasteiger charge is 2.41. The van der Waals surface area contributed by atoms with E-state index in [-0.39, 0.29) is 36.5 Å². The van der Waals surface area contributed by atoms with Gasteiger partial charge in [0.05, 0.1) is 18.6 Å². The maximum atomic E-state index is 13.3. The fourth-order valence-electron chi connectivity index (χ4n) is 4.18. The first kappa shape index (κ1) is 20.5. The molecule has 158 valence electrons. The van der Waals surface area contributed by atoms with Crippen LogP contribution in [0.25, 0.3) is 0 Å². The molecule has 2 heterocycles. The van der Waals surface area contributed by atoms with Crippen LogP contribution in [0.2, 0.25) is 0 Å². The molecule has 30 heavy (non-hydrogen) atoms. The SMILES string of the molecule is O=C(Cc1ccc(F)cc1)N1CCCC2(CC1)CN(c1ccc(F)cc1)C(=O)CO2. The number of ether oxygens (including phenoxy) is 1. The molecule has 0 bridgehead atoms. The largest absolute Gasteiger partial charge is 0.363 e. The molecule has 2 saturated heterocycles. The molecule has 0 radical (unpaired) electrons. The van der Waals surface area contributed by atoms with E-state index in [4.69, 9.17) is 4.74 Å². The van der Waals surface area contributed by atoms with Gasteiger partial charge in [-0.3, -0.25) is 9.59 Å². The lowest BCUT2D eigenvalue weighted by Gasteiger charge is -2.42. The van der Waals surface area contributed by atoms with Gasteiger partial charge in [0.15, 0.2) is 0 Å². The summed E-state index contributed by atoms with van der Waals surface area (Å²) in [5.41, 5.74) is 0.910. The van der Waals surface area contributed by atoms with Gasteiger partial charge in [0.1, 0.15) is 18.2 Å². The topological polar surface area (TPSA) is 49.9 Å². The zero-order chi connectivity index (χ0) is 21.1. The number of amides is 2. The maximum absolute atomic E-state index is 13.3. The second-order valence-corrected chi connectivity index (χ2v) is 7.97. The number of carbonyl (C=O) groups is 2. The van der Waals surface area contributed by atoms with Crippen molar-refractivity contribution >= 4 is 17.5 Å². The Bertz CT molecular complexity index is 917. The van der Waals surface area contributed by atoms with Crippen LogP contribution >= 0.6 is 0 Å². The Balaban J connectivity index is 1.42. The van der Waals surface area contributed by atoms with Crippen LogP contribution in [0.4, 0.5) is 14.5 Å². The van der Waals surface area contributed by atoms with E-state index in [1.807, 2.05) is 4.90 Å². The van der Waals surface area contributed by atoms with Gasteiger partial charge in [0.25, 0.3) is 5.91 Å². The van der Waals surface area contributed by atoms with Crippen molar-refractivity contribution in [3.63, 3.8) is 0 Å². The van der Waals surface area contributed by atoms with Gasteiger partial charge >= 0.3 is 0 Å². The molecule has 2 aromatic rings. The summed E-state index contributed by atoms with van der Waals surface area (Å²) >= 11 is 0. The minimum Gasteiger partial charge on any atom is -0.363 e. The highest BCUT2D eigenvalue weighted by Crippen LogP contribution is 2.33. The summed E-state index contributed by atoms with van der Waals surface area (Å²) in [7, 11) is 0. The molecule has 5 nitrogen and oxygen atoms in total. The number of rotatable bonds is 3. The number of likely N-dealkylation sites (tertiary alicyclic amines) is 1. The molecule has 7 heteroatoms. The lowest BCUT2D eigenvalue weighted by Crippen LogP contribution is -2.55. The van der Waals surface area contributed by atoms with Gasteiger partial charge in [-0.1, -0.05) is 12.1 Å². The first-order valence-electron chi connectivity index (χ1n) is 10.2. The average Bonchev–Trinajstić information content (AvgIpc) is 2.95. The number of carbonyl (C=O) groups excluding carboxylic acids is 2. The van der Waals surface area contributed by atoms with Crippen molar-refractivity contribution in [3.8, 4) is 0 Å². The van der Waals surface area contributed by atoms with Crippen LogP contribution < -0.4 is 4.90 Å². The van der Waals surface area contributed by atoms with E-state index < -0.39 is 5.60 Å². The lowest BCUT2D eigenvalue weighted by atomic mass is 9.92. The van der Waals surface area contributed by atoms with Gasteiger partial charge < -0.3 is 14.5 Å². The molecule has 0 saturated carbocycles. The molecule has 2 aromatic carbocycles. The Morgan fingerprint density at radius 1 is 0.967 bits per heavy atom. The number of hydrogen-bond donors (Lipinski definition) is 0. The van der Waals surface area contributed by atoms with E-state index in [0.29, 0.717) is 31.7 Å². The summed E-state index contributed by atoms with van der Waals surface area (Å²) in [5, 5.41) is 0. The Hall–Kier alpha value is -2.80. The third kappa shape index (κ3) is 4.51. The summed E-state index contributed by atoms with van der Waals surface area (Å²) in [6, 6.07) is 11.9. The fraction of sp³-hybridized carbons (Fsp3) is 0.391. The van der Waals surface area contributed by atoms with Crippen LogP contribution in [0.15, 0.2) is 48.5 Å². The third-order valence-corrected chi connectivity index (χ3v) is 5.91. The van der Waals surface area contributed by atoms with E-state index in [0.717, 1.165) is 18.4 Å². The molecule has 0 aromatic heterocycles. The third-order valence-electron chi connectivity index (χ3n) is 5.91. The minimum absolute atomic E-state index is 0.000865. The lowest BCUT2D eigenvalue weighted by molar-refractivity contribution is -0.141. The maximum Gasteiger partial charge on any atom is 0.253 e. The summed E-state index contributed by atoms with van der Waals surface area (Å²) < 4.78 is 32.3. The van der Waals surface area contributed by atoms with Gasteiger partial charge in [-0.15, -0.1) is 0 Å². The van der Waals surface area contributed by atoms with Gasteiger partial charge in [0.2, 0.25) is 5.91 Å². The van der Waals surface area contributed by atoms with E-state index in [1.165, 1.54) is 24.3 Å². The smallest absolute Gasteiger partial charge is 0.253 e. The number of benzene rings is 2. The monoisotopic (exact) mass is 414 g/mol. The fourth-order valence-corrected chi connectivity index (χ4v) is 4.18. The number of morpholine rings is 1. The van der Waals surface area contributed by atoms with E-state index in [9.17, 15) is 18.4 Å². The Kier molecular flexibility index (Phi) is 5.81. The summed E-state index contributed by atoms with van der Waals surface area (Å²) in [4.78, 5) is 28.6. The van der Waals surface area contributed by atoms with Crippen LogP contribution in [-0.2, 0) is 20.7 Å². The molecule has 1 spiro atoms. The predicted molar refractivity (Wildman–Crippen MR) is 108 cm³/mol. The van der Waals surface area contributed by atoms with Gasteiger partial charge in [-0.05, 0) is 61.2 Å². The molecule has 1 atom stereocenters. The summed E-state index contributed by atoms with van der Waals surface area (Å²) in [5.74, 6) is -0.821. The molecule has 0 aliphatic carbocycles. The number of hydrogen-bond acceptors (Lipinski definition) is 3. The molecule has 2 aliphatic rings. The number of nitrogens with zero attached hydrogens (tertiary/aromatic N) is 2. The molecule has 2 aliphatic heterocycles. The Labute approximate surface area is 174 Å². The predicted octanol–water partition coefficient (Wildman–Crippen LogP) is 3.32. The van der Waals surface area contributed by atoms with Crippen molar-refractivity contribution in [1.29, 1.82) is 0 Å². The first-order valence-corrected chi connectivity index (χ1v) is 10.2. The van der Waals surface area contributed by atoms with Crippen LogP contribution in [0, 0.1) is 11.6 Å². The Morgan fingerprint density at radius 3 is 2.33 bits per heavy atom. The van der Waals surface area contributed by atoms with E-state index in [1.54, 1.807) is 29.2 Å². The average molecular weight is 414 g/mol. The number of halogens is 2. The van der Waals surface area contributed by atoms with Gasteiger partial charge in [-0.2, -0.15) is 0 Å². The highest BCUT2D eigenvalue weighted by atomic mass is 19.1. The van der Waals surface area contributed by atoms with E-state index in [2.05, 4.69) is 0 Å². The number of anilines is 1. The molecule has 2 fully saturated rings. The van der Waals surface area contributed by atoms with Crippen LogP contribution in [-0.4, -0.2) is 48.6 Å². The molecule has 0 N–H and O–H groups in total. The summed E-state index contributed by atoms with van der Waals surface area (Å²) in [6.45, 7) is 1.51. The quantitative estimate of drug-likeness (QED) is 0.774. The van der Waals surface area contributed by atoms with Crippen LogP contribution in [0.5, 0.6) is 0 Å². The van der Waals surface area contributed by atoms with Crippen molar-refractivity contribution in [2.45, 2.75) is 31.3 Å². The molecule has 4 rings (SSSR count). The minimum atomic E-state index is -0.521. The second-order valence-electron chi connectivity index (χ2n) is 7.97. The zero-order valence-corrected chi connectivity index (χ0v) is 16.7. The molecule has 1 unspecified atom stereocenters. The van der Waals surface area contributed by atoms with Crippen LogP contribution in [0.1, 0.15) is 24.8 Å². The van der Waals surface area contributed by atoms with Gasteiger partial charge in [-0.25, -0.2) is 8.78 Å². The molecular formula is C23H24F2N2O3. The van der Waals surface area contributed by atoms with Crippen molar-refractivity contribution in [3.05, 3.63) is 65.7 Å². The van der Waals surface area contributed by atoms with Crippen LogP contribution in [0.3, 0.4) is 0 Å². The zero-order valence-electron chi connectivity index (χ0n) is 16.7.